The molecule has 4 nitrogen and oxygen atoms in total. The van der Waals surface area contributed by atoms with Gasteiger partial charge in [0.15, 0.2) is 6.61 Å². The summed E-state index contributed by atoms with van der Waals surface area (Å²) in [4.78, 5) is 19.9. The Labute approximate surface area is 157 Å². The summed E-state index contributed by atoms with van der Waals surface area (Å²) in [6.07, 6.45) is 0. The number of hydrogen-bond donors (Lipinski definition) is 0. The maximum atomic E-state index is 12.4. The molecule has 0 aliphatic carbocycles. The molecule has 1 amide bonds. The molecule has 0 spiro atoms. The van der Waals surface area contributed by atoms with E-state index in [9.17, 15) is 4.79 Å². The second-order valence-electron chi connectivity index (χ2n) is 5.74. The van der Waals surface area contributed by atoms with Crippen molar-refractivity contribution in [1.82, 2.24) is 9.88 Å². The van der Waals surface area contributed by atoms with E-state index >= 15 is 0 Å². The molecule has 0 fully saturated rings. The predicted octanol–water partition coefficient (Wildman–Crippen LogP) is 4.92. The summed E-state index contributed by atoms with van der Waals surface area (Å²) in [6.45, 7) is 2.66. The summed E-state index contributed by atoms with van der Waals surface area (Å²) in [5.41, 5.74) is 1.03. The highest BCUT2D eigenvalue weighted by atomic mass is 32.1. The second kappa shape index (κ2) is 6.74. The first kappa shape index (κ1) is 16.5. The number of hydrogen-bond acceptors (Lipinski definition) is 6. The van der Waals surface area contributed by atoms with Gasteiger partial charge in [0.2, 0.25) is 0 Å². The van der Waals surface area contributed by atoms with Crippen molar-refractivity contribution in [1.29, 1.82) is 0 Å². The Balaban J connectivity index is 1.53. The van der Waals surface area contributed by atoms with Crippen molar-refractivity contribution >= 4 is 60.2 Å². The van der Waals surface area contributed by atoms with Crippen LogP contribution in [0.15, 0.2) is 35.0 Å². The van der Waals surface area contributed by atoms with E-state index in [4.69, 9.17) is 4.74 Å². The molecule has 0 aliphatic heterocycles. The molecule has 0 atom stereocenters. The molecule has 1 aromatic carbocycles. The monoisotopic (exact) mass is 388 g/mol. The lowest BCUT2D eigenvalue weighted by Gasteiger charge is -2.17. The first-order chi connectivity index (χ1) is 12.1. The number of nitrogens with zero attached hydrogens (tertiary/aromatic N) is 2. The van der Waals surface area contributed by atoms with Crippen molar-refractivity contribution in [3.05, 3.63) is 44.9 Å². The number of rotatable bonds is 5. The Hall–Kier alpha value is -1.96. The van der Waals surface area contributed by atoms with Crippen LogP contribution in [0.2, 0.25) is 0 Å². The molecule has 0 bridgehead atoms. The second-order valence-corrected chi connectivity index (χ2v) is 8.92. The van der Waals surface area contributed by atoms with Gasteiger partial charge in [0.05, 0.1) is 26.5 Å². The first-order valence-corrected chi connectivity index (χ1v) is 10.4. The quantitative estimate of drug-likeness (QED) is 0.487. The van der Waals surface area contributed by atoms with Gasteiger partial charge in [-0.05, 0) is 29.8 Å². The van der Waals surface area contributed by atoms with Gasteiger partial charge in [-0.3, -0.25) is 4.79 Å². The zero-order chi connectivity index (χ0) is 17.4. The van der Waals surface area contributed by atoms with Gasteiger partial charge < -0.3 is 9.64 Å². The lowest BCUT2D eigenvalue weighted by atomic mass is 10.2. The number of carbonyl (C=O) groups is 1. The number of carbonyl (C=O) groups excluding carboxylic acids is 1. The van der Waals surface area contributed by atoms with Crippen molar-refractivity contribution in [3.63, 3.8) is 0 Å². The summed E-state index contributed by atoms with van der Waals surface area (Å²) in [7, 11) is 1.81. The van der Waals surface area contributed by atoms with Crippen LogP contribution in [0.25, 0.3) is 20.3 Å². The van der Waals surface area contributed by atoms with Crippen molar-refractivity contribution in [2.24, 2.45) is 0 Å². The number of aromatic nitrogens is 1. The van der Waals surface area contributed by atoms with E-state index in [1.807, 2.05) is 41.9 Å². The van der Waals surface area contributed by atoms with Crippen LogP contribution < -0.4 is 4.74 Å². The number of fused-ring (bicyclic) bond motifs is 3. The maximum absolute atomic E-state index is 12.4. The molecule has 0 unspecified atom stereocenters. The fourth-order valence-corrected chi connectivity index (χ4v) is 5.27. The Morgan fingerprint density at radius 2 is 2.16 bits per heavy atom. The highest BCUT2D eigenvalue weighted by Gasteiger charge is 2.15. The van der Waals surface area contributed by atoms with E-state index in [0.717, 1.165) is 35.9 Å². The summed E-state index contributed by atoms with van der Waals surface area (Å²) in [6, 6.07) is 8.06. The number of thiazole rings is 1. The predicted molar refractivity (Wildman–Crippen MR) is 106 cm³/mol. The van der Waals surface area contributed by atoms with E-state index in [2.05, 4.69) is 4.98 Å². The summed E-state index contributed by atoms with van der Waals surface area (Å²) in [5, 5.41) is 6.12. The molecule has 0 aliphatic rings. The number of aryl methyl sites for hydroxylation is 1. The molecular formula is C18H16N2O2S3. The van der Waals surface area contributed by atoms with Gasteiger partial charge in [0, 0.05) is 23.4 Å². The highest BCUT2D eigenvalue weighted by molar-refractivity contribution is 7.21. The van der Waals surface area contributed by atoms with Crippen molar-refractivity contribution in [2.75, 3.05) is 13.7 Å². The Bertz CT molecular complexity index is 1030. The Kier molecular flexibility index (Phi) is 4.45. The molecule has 0 saturated carbocycles. The van der Waals surface area contributed by atoms with E-state index in [1.54, 1.807) is 46.0 Å². The zero-order valence-electron chi connectivity index (χ0n) is 13.8. The van der Waals surface area contributed by atoms with Gasteiger partial charge in [0.25, 0.3) is 5.91 Å². The molecule has 7 heteroatoms. The van der Waals surface area contributed by atoms with Gasteiger partial charge in [-0.25, -0.2) is 4.98 Å². The Morgan fingerprint density at radius 3 is 2.96 bits per heavy atom. The lowest BCUT2D eigenvalue weighted by Crippen LogP contribution is -2.30. The van der Waals surface area contributed by atoms with Crippen molar-refractivity contribution < 1.29 is 9.53 Å². The molecule has 4 rings (SSSR count). The average Bonchev–Trinajstić information content (AvgIpc) is 3.31. The molecule has 3 heterocycles. The van der Waals surface area contributed by atoms with Crippen molar-refractivity contribution in [2.45, 2.75) is 13.5 Å². The summed E-state index contributed by atoms with van der Waals surface area (Å²) < 4.78 is 8.12. The molecule has 25 heavy (non-hydrogen) atoms. The first-order valence-electron chi connectivity index (χ1n) is 7.78. The standard InChI is InChI=1S/C18H16N2O2S3/c1-11-19-17-15(25-11)8-14(13-5-7-24-18(13)17)22-10-16(21)20(2)9-12-4-3-6-23-12/h3-8H,9-10H2,1-2H3. The molecular weight excluding hydrogens is 372 g/mol. The van der Waals surface area contributed by atoms with Gasteiger partial charge in [-0.1, -0.05) is 6.07 Å². The number of benzene rings is 1. The number of likely N-dealkylation sites (N-methyl/N-ethyl adjacent to an activating group) is 1. The van der Waals surface area contributed by atoms with Crippen LogP contribution in [0.4, 0.5) is 0 Å². The van der Waals surface area contributed by atoms with Crippen LogP contribution >= 0.6 is 34.0 Å². The third kappa shape index (κ3) is 3.27. The van der Waals surface area contributed by atoms with Gasteiger partial charge >= 0.3 is 0 Å². The smallest absolute Gasteiger partial charge is 0.260 e. The van der Waals surface area contributed by atoms with Gasteiger partial charge in [-0.15, -0.1) is 34.0 Å². The van der Waals surface area contributed by atoms with E-state index in [1.165, 1.54) is 0 Å². The molecule has 0 radical (unpaired) electrons. The van der Waals surface area contributed by atoms with Crippen LogP contribution in [-0.4, -0.2) is 29.4 Å². The van der Waals surface area contributed by atoms with E-state index in [-0.39, 0.29) is 12.5 Å². The minimum Gasteiger partial charge on any atom is -0.483 e. The molecule has 3 aromatic heterocycles. The average molecular weight is 389 g/mol. The largest absolute Gasteiger partial charge is 0.483 e. The van der Waals surface area contributed by atoms with Gasteiger partial charge in [-0.2, -0.15) is 0 Å². The van der Waals surface area contributed by atoms with Crippen LogP contribution in [0, 0.1) is 6.92 Å². The SMILES string of the molecule is Cc1nc2c(cc(OCC(=O)N(C)Cc3cccs3)c3ccsc32)s1. The molecule has 0 saturated heterocycles. The maximum Gasteiger partial charge on any atom is 0.260 e. The molecule has 128 valence electrons. The number of thiophene rings is 2. The van der Waals surface area contributed by atoms with Gasteiger partial charge in [0.1, 0.15) is 5.75 Å². The minimum atomic E-state index is -0.0302. The third-order valence-corrected chi connectivity index (χ3v) is 6.62. The molecule has 0 N–H and O–H groups in total. The van der Waals surface area contributed by atoms with E-state index < -0.39 is 0 Å². The Morgan fingerprint density at radius 1 is 1.28 bits per heavy atom. The number of ether oxygens (including phenoxy) is 1. The normalized spacial score (nSPS) is 11.3. The zero-order valence-corrected chi connectivity index (χ0v) is 16.3. The summed E-state index contributed by atoms with van der Waals surface area (Å²) in [5.74, 6) is 0.725. The fraction of sp³-hybridized carbons (Fsp3) is 0.222. The third-order valence-electron chi connectivity index (χ3n) is 3.92. The van der Waals surface area contributed by atoms with Crippen LogP contribution in [-0.2, 0) is 11.3 Å². The van der Waals surface area contributed by atoms with Crippen molar-refractivity contribution in [3.8, 4) is 5.75 Å². The van der Waals surface area contributed by atoms with Crippen LogP contribution in [0.5, 0.6) is 5.75 Å². The molecule has 4 aromatic rings. The minimum absolute atomic E-state index is 0.0302. The fourth-order valence-electron chi connectivity index (χ4n) is 2.68. The lowest BCUT2D eigenvalue weighted by molar-refractivity contribution is -0.132. The van der Waals surface area contributed by atoms with Crippen LogP contribution in [0.1, 0.15) is 9.88 Å². The summed E-state index contributed by atoms with van der Waals surface area (Å²) >= 11 is 4.96. The van der Waals surface area contributed by atoms with Crippen LogP contribution in [0.3, 0.4) is 0 Å². The number of amides is 1. The van der Waals surface area contributed by atoms with E-state index in [0.29, 0.717) is 6.54 Å². The highest BCUT2D eigenvalue weighted by Crippen LogP contribution is 2.38. The topological polar surface area (TPSA) is 42.4 Å².